The SMILES string of the molecule is N#Cc1ccc(CC(N)C(=O)O)cc1F. The molecule has 0 bridgehead atoms. The summed E-state index contributed by atoms with van der Waals surface area (Å²) in [6.07, 6.45) is 0.0396. The van der Waals surface area contributed by atoms with Crippen LogP contribution in [0.5, 0.6) is 0 Å². The number of nitrogens with zero attached hydrogens (tertiary/aromatic N) is 1. The molecule has 3 N–H and O–H groups in total. The van der Waals surface area contributed by atoms with E-state index in [9.17, 15) is 9.18 Å². The summed E-state index contributed by atoms with van der Waals surface area (Å²) < 4.78 is 13.1. The first-order valence-electron chi connectivity index (χ1n) is 4.21. The predicted octanol–water partition coefficient (Wildman–Crippen LogP) is 0.652. The van der Waals surface area contributed by atoms with Crippen molar-refractivity contribution in [2.75, 3.05) is 0 Å². The molecule has 78 valence electrons. The maximum Gasteiger partial charge on any atom is 0.320 e. The molecule has 0 aromatic heterocycles. The molecular formula is C10H9FN2O2. The van der Waals surface area contributed by atoms with Crippen molar-refractivity contribution in [3.8, 4) is 6.07 Å². The van der Waals surface area contributed by atoms with Gasteiger partial charge in [0.15, 0.2) is 0 Å². The van der Waals surface area contributed by atoms with Crippen LogP contribution in [0.3, 0.4) is 0 Å². The molecular weight excluding hydrogens is 199 g/mol. The van der Waals surface area contributed by atoms with Gasteiger partial charge in [0.05, 0.1) is 5.56 Å². The Hall–Kier alpha value is -1.93. The highest BCUT2D eigenvalue weighted by Crippen LogP contribution is 2.10. The largest absolute Gasteiger partial charge is 0.480 e. The van der Waals surface area contributed by atoms with Gasteiger partial charge in [-0.15, -0.1) is 0 Å². The molecule has 1 rings (SSSR count). The summed E-state index contributed by atoms with van der Waals surface area (Å²) in [7, 11) is 0. The highest BCUT2D eigenvalue weighted by Gasteiger charge is 2.13. The fraction of sp³-hybridized carbons (Fsp3) is 0.200. The molecule has 0 aliphatic carbocycles. The monoisotopic (exact) mass is 208 g/mol. The smallest absolute Gasteiger partial charge is 0.320 e. The van der Waals surface area contributed by atoms with E-state index in [4.69, 9.17) is 16.1 Å². The van der Waals surface area contributed by atoms with E-state index in [1.54, 1.807) is 6.07 Å². The van der Waals surface area contributed by atoms with E-state index in [0.717, 1.165) is 6.07 Å². The number of carboxylic acids is 1. The second-order valence-corrected chi connectivity index (χ2v) is 3.07. The van der Waals surface area contributed by atoms with Crippen LogP contribution in [0.4, 0.5) is 4.39 Å². The Morgan fingerprint density at radius 1 is 1.67 bits per heavy atom. The van der Waals surface area contributed by atoms with Crippen LogP contribution in [0, 0.1) is 17.1 Å². The van der Waals surface area contributed by atoms with E-state index in [0.29, 0.717) is 5.56 Å². The van der Waals surface area contributed by atoms with Gasteiger partial charge in [0, 0.05) is 0 Å². The first kappa shape index (κ1) is 11.1. The normalized spacial score (nSPS) is 11.8. The number of rotatable bonds is 3. The molecule has 0 saturated carbocycles. The van der Waals surface area contributed by atoms with Gasteiger partial charge in [-0.2, -0.15) is 5.26 Å². The quantitative estimate of drug-likeness (QED) is 0.763. The van der Waals surface area contributed by atoms with Gasteiger partial charge < -0.3 is 10.8 Å². The van der Waals surface area contributed by atoms with Gasteiger partial charge in [-0.3, -0.25) is 4.79 Å². The number of nitrogens with two attached hydrogens (primary N) is 1. The van der Waals surface area contributed by atoms with Crippen LogP contribution in [-0.4, -0.2) is 17.1 Å². The number of aliphatic carboxylic acids is 1. The van der Waals surface area contributed by atoms with Crippen LogP contribution in [0.1, 0.15) is 11.1 Å². The molecule has 5 heteroatoms. The summed E-state index contributed by atoms with van der Waals surface area (Å²) in [6.45, 7) is 0. The summed E-state index contributed by atoms with van der Waals surface area (Å²) >= 11 is 0. The standard InChI is InChI=1S/C10H9FN2O2/c11-8-3-6(1-2-7(8)5-12)4-9(13)10(14)15/h1-3,9H,4,13H2,(H,14,15). The van der Waals surface area contributed by atoms with Crippen molar-refractivity contribution in [1.82, 2.24) is 0 Å². The minimum Gasteiger partial charge on any atom is -0.480 e. The first-order chi connectivity index (χ1) is 7.04. The maximum absolute atomic E-state index is 13.1. The van der Waals surface area contributed by atoms with E-state index in [1.807, 2.05) is 0 Å². The lowest BCUT2D eigenvalue weighted by Gasteiger charge is -2.06. The van der Waals surface area contributed by atoms with Gasteiger partial charge in [0.2, 0.25) is 0 Å². The van der Waals surface area contributed by atoms with Crippen molar-refractivity contribution in [2.24, 2.45) is 5.73 Å². The minimum atomic E-state index is -1.14. The van der Waals surface area contributed by atoms with Crippen LogP contribution in [0.2, 0.25) is 0 Å². The van der Waals surface area contributed by atoms with Crippen LogP contribution >= 0.6 is 0 Å². The molecule has 1 aromatic carbocycles. The highest BCUT2D eigenvalue weighted by molar-refractivity contribution is 5.73. The van der Waals surface area contributed by atoms with Gasteiger partial charge in [0.1, 0.15) is 17.9 Å². The third-order valence-electron chi connectivity index (χ3n) is 1.93. The lowest BCUT2D eigenvalue weighted by molar-refractivity contribution is -0.138. The second-order valence-electron chi connectivity index (χ2n) is 3.07. The molecule has 4 nitrogen and oxygen atoms in total. The number of hydrogen-bond acceptors (Lipinski definition) is 3. The summed E-state index contributed by atoms with van der Waals surface area (Å²) in [5.74, 6) is -1.80. The molecule has 1 aromatic rings. The predicted molar refractivity (Wildman–Crippen MR) is 50.4 cm³/mol. The van der Waals surface area contributed by atoms with Crippen LogP contribution in [0.15, 0.2) is 18.2 Å². The van der Waals surface area contributed by atoms with Crippen molar-refractivity contribution in [3.63, 3.8) is 0 Å². The van der Waals surface area contributed by atoms with Gasteiger partial charge in [-0.1, -0.05) is 6.07 Å². The number of carbonyl (C=O) groups is 1. The molecule has 0 heterocycles. The van der Waals surface area contributed by atoms with Crippen molar-refractivity contribution in [3.05, 3.63) is 35.1 Å². The summed E-state index contributed by atoms with van der Waals surface area (Å²) in [4.78, 5) is 10.4. The molecule has 0 radical (unpaired) electrons. The Balaban J connectivity index is 2.85. The molecule has 0 saturated heterocycles. The fourth-order valence-corrected chi connectivity index (χ4v) is 1.12. The van der Waals surface area contributed by atoms with Crippen molar-refractivity contribution >= 4 is 5.97 Å². The van der Waals surface area contributed by atoms with E-state index >= 15 is 0 Å². The Labute approximate surface area is 85.7 Å². The number of hydrogen-bond donors (Lipinski definition) is 2. The Morgan fingerprint density at radius 2 is 2.33 bits per heavy atom. The average Bonchev–Trinajstić information content (AvgIpc) is 2.18. The molecule has 15 heavy (non-hydrogen) atoms. The van der Waals surface area contributed by atoms with E-state index < -0.39 is 17.8 Å². The van der Waals surface area contributed by atoms with Crippen LogP contribution in [0.25, 0.3) is 0 Å². The summed E-state index contributed by atoms with van der Waals surface area (Å²) in [6, 6.07) is 4.54. The zero-order valence-electron chi connectivity index (χ0n) is 7.77. The third-order valence-corrected chi connectivity index (χ3v) is 1.93. The molecule has 1 unspecified atom stereocenters. The number of halogens is 1. The third kappa shape index (κ3) is 2.76. The van der Waals surface area contributed by atoms with Gasteiger partial charge >= 0.3 is 5.97 Å². The maximum atomic E-state index is 13.1. The molecule has 0 aliphatic rings. The fourth-order valence-electron chi connectivity index (χ4n) is 1.12. The van der Waals surface area contributed by atoms with Gasteiger partial charge in [-0.05, 0) is 24.1 Å². The number of benzene rings is 1. The Kier molecular flexibility index (Phi) is 3.37. The van der Waals surface area contributed by atoms with Crippen molar-refractivity contribution in [1.29, 1.82) is 5.26 Å². The van der Waals surface area contributed by atoms with E-state index in [-0.39, 0.29) is 12.0 Å². The van der Waals surface area contributed by atoms with Crippen LogP contribution < -0.4 is 5.73 Å². The average molecular weight is 208 g/mol. The molecule has 0 fully saturated rings. The van der Waals surface area contributed by atoms with Crippen LogP contribution in [-0.2, 0) is 11.2 Å². The van der Waals surface area contributed by atoms with Crippen molar-refractivity contribution < 1.29 is 14.3 Å². The topological polar surface area (TPSA) is 87.1 Å². The summed E-state index contributed by atoms with van der Waals surface area (Å²) in [5.41, 5.74) is 5.67. The Bertz CT molecular complexity index is 426. The number of nitriles is 1. The number of carboxylic acid groups (broad SMARTS) is 1. The van der Waals surface area contributed by atoms with E-state index in [2.05, 4.69) is 0 Å². The molecule has 0 aliphatic heterocycles. The first-order valence-corrected chi connectivity index (χ1v) is 4.21. The lowest BCUT2D eigenvalue weighted by atomic mass is 10.0. The molecule has 0 amide bonds. The Morgan fingerprint density at radius 3 is 2.80 bits per heavy atom. The molecule has 0 spiro atoms. The highest BCUT2D eigenvalue weighted by atomic mass is 19.1. The summed E-state index contributed by atoms with van der Waals surface area (Å²) in [5, 5.41) is 17.0. The zero-order chi connectivity index (χ0) is 11.4. The molecule has 1 atom stereocenters. The second kappa shape index (κ2) is 4.53. The van der Waals surface area contributed by atoms with Crippen molar-refractivity contribution in [2.45, 2.75) is 12.5 Å². The van der Waals surface area contributed by atoms with Gasteiger partial charge in [0.25, 0.3) is 0 Å². The minimum absolute atomic E-state index is 0.0396. The zero-order valence-corrected chi connectivity index (χ0v) is 7.77. The van der Waals surface area contributed by atoms with Gasteiger partial charge in [-0.25, -0.2) is 4.39 Å². The van der Waals surface area contributed by atoms with E-state index in [1.165, 1.54) is 12.1 Å². The lowest BCUT2D eigenvalue weighted by Crippen LogP contribution is -2.32.